The van der Waals surface area contributed by atoms with E-state index in [0.29, 0.717) is 17.0 Å². The Labute approximate surface area is 200 Å². The summed E-state index contributed by atoms with van der Waals surface area (Å²) >= 11 is 6.44. The number of carbonyl (C=O) groups excluding carboxylic acids is 1. The Morgan fingerprint density at radius 1 is 1.29 bits per heavy atom. The molecule has 0 saturated heterocycles. The van der Waals surface area contributed by atoms with Crippen LogP contribution in [0.1, 0.15) is 36.3 Å². The van der Waals surface area contributed by atoms with Crippen molar-refractivity contribution in [3.63, 3.8) is 0 Å². The number of alkyl halides is 3. The summed E-state index contributed by atoms with van der Waals surface area (Å²) < 4.78 is 41.7. The standard InChI is InChI=1S/C24H27ClF3N5O/c1-33(2)18(9-16-8-17-13-31-32-21(17)11-20(16)25)14-30-22(34)10-19(15-4-3-7-29-12-15)23(5-6-23)24(26,27)28/h3-4,7-8,11-13,18-19H,5-6,9-10,14H2,1-2H3,(H,30,34)(H,31,32)/t18-,19+/m0/s1. The van der Waals surface area contributed by atoms with Crippen molar-refractivity contribution in [1.82, 2.24) is 25.4 Å². The molecule has 0 radical (unpaired) electrons. The highest BCUT2D eigenvalue weighted by molar-refractivity contribution is 6.32. The lowest BCUT2D eigenvalue weighted by Gasteiger charge is -2.30. The van der Waals surface area contributed by atoms with Crippen molar-refractivity contribution in [2.75, 3.05) is 20.6 Å². The predicted octanol–water partition coefficient (Wildman–Crippen LogP) is 4.72. The first-order chi connectivity index (χ1) is 16.1. The Balaban J connectivity index is 1.45. The molecule has 2 heterocycles. The average molecular weight is 494 g/mol. The van der Waals surface area contributed by atoms with Crippen LogP contribution in [0.3, 0.4) is 0 Å². The van der Waals surface area contributed by atoms with Crippen molar-refractivity contribution in [2.45, 2.75) is 43.8 Å². The number of carbonyl (C=O) groups is 1. The van der Waals surface area contributed by atoms with E-state index in [2.05, 4.69) is 20.5 Å². The van der Waals surface area contributed by atoms with Crippen LogP contribution >= 0.6 is 11.6 Å². The second kappa shape index (κ2) is 9.54. The Morgan fingerprint density at radius 2 is 2.06 bits per heavy atom. The number of nitrogens with zero attached hydrogens (tertiary/aromatic N) is 3. The topological polar surface area (TPSA) is 73.9 Å². The maximum atomic E-state index is 13.9. The summed E-state index contributed by atoms with van der Waals surface area (Å²) in [6, 6.07) is 6.90. The second-order valence-electron chi connectivity index (χ2n) is 9.22. The highest BCUT2D eigenvalue weighted by atomic mass is 35.5. The Bertz CT molecular complexity index is 1140. The lowest BCUT2D eigenvalue weighted by molar-refractivity contribution is -0.194. The highest BCUT2D eigenvalue weighted by Gasteiger charge is 2.67. The number of aromatic amines is 1. The van der Waals surface area contributed by atoms with Gasteiger partial charge in [-0.25, -0.2) is 0 Å². The molecule has 2 N–H and O–H groups in total. The first-order valence-corrected chi connectivity index (χ1v) is 11.5. The lowest BCUT2D eigenvalue weighted by atomic mass is 9.80. The molecule has 1 aliphatic rings. The molecule has 34 heavy (non-hydrogen) atoms. The fourth-order valence-electron chi connectivity index (χ4n) is 4.53. The summed E-state index contributed by atoms with van der Waals surface area (Å²) in [5.41, 5.74) is 0.327. The van der Waals surface area contributed by atoms with Crippen LogP contribution in [0.25, 0.3) is 10.9 Å². The van der Waals surface area contributed by atoms with Gasteiger partial charge in [-0.3, -0.25) is 14.9 Å². The van der Waals surface area contributed by atoms with Crippen LogP contribution in [0.4, 0.5) is 13.2 Å². The molecule has 0 bridgehead atoms. The number of nitrogens with one attached hydrogen (secondary N) is 2. The number of fused-ring (bicyclic) bond motifs is 1. The number of rotatable bonds is 9. The van der Waals surface area contributed by atoms with Crippen molar-refractivity contribution in [3.8, 4) is 0 Å². The van der Waals surface area contributed by atoms with E-state index in [1.807, 2.05) is 31.1 Å². The van der Waals surface area contributed by atoms with Crippen molar-refractivity contribution >= 4 is 28.4 Å². The first-order valence-electron chi connectivity index (χ1n) is 11.1. The molecule has 0 spiro atoms. The Kier molecular flexibility index (Phi) is 6.87. The fourth-order valence-corrected chi connectivity index (χ4v) is 4.77. The minimum Gasteiger partial charge on any atom is -0.355 e. The maximum Gasteiger partial charge on any atom is 0.395 e. The summed E-state index contributed by atoms with van der Waals surface area (Å²) in [7, 11) is 3.78. The van der Waals surface area contributed by atoms with Crippen LogP contribution in [-0.2, 0) is 11.2 Å². The third-order valence-corrected chi connectivity index (χ3v) is 7.18. The normalized spacial score (nSPS) is 17.0. The molecule has 1 aliphatic carbocycles. The molecule has 1 amide bonds. The van der Waals surface area contributed by atoms with Gasteiger partial charge in [0, 0.05) is 47.7 Å². The maximum absolute atomic E-state index is 13.9. The second-order valence-corrected chi connectivity index (χ2v) is 9.63. The zero-order valence-electron chi connectivity index (χ0n) is 19.0. The molecule has 2 atom stereocenters. The Hall–Kier alpha value is -2.65. The molecule has 0 unspecified atom stereocenters. The third kappa shape index (κ3) is 5.05. The average Bonchev–Trinajstić information content (AvgIpc) is 3.49. The van der Waals surface area contributed by atoms with E-state index in [1.165, 1.54) is 12.4 Å². The van der Waals surface area contributed by atoms with Crippen LogP contribution in [0, 0.1) is 5.41 Å². The molecule has 1 aromatic carbocycles. The minimum atomic E-state index is -4.37. The molecule has 3 aromatic rings. The third-order valence-electron chi connectivity index (χ3n) is 6.82. The first kappa shape index (κ1) is 24.5. The molecular formula is C24H27ClF3N5O. The largest absolute Gasteiger partial charge is 0.395 e. The van der Waals surface area contributed by atoms with Gasteiger partial charge in [-0.1, -0.05) is 17.7 Å². The van der Waals surface area contributed by atoms with Gasteiger partial charge >= 0.3 is 6.18 Å². The van der Waals surface area contributed by atoms with Gasteiger partial charge < -0.3 is 10.2 Å². The number of H-pyrrole nitrogens is 1. The molecule has 1 fully saturated rings. The number of amides is 1. The lowest BCUT2D eigenvalue weighted by Crippen LogP contribution is -2.42. The highest BCUT2D eigenvalue weighted by Crippen LogP contribution is 2.66. The molecule has 2 aromatic heterocycles. The van der Waals surface area contributed by atoms with Gasteiger partial charge in [0.05, 0.1) is 17.1 Å². The van der Waals surface area contributed by atoms with Crippen molar-refractivity contribution in [3.05, 3.63) is 59.0 Å². The van der Waals surface area contributed by atoms with Gasteiger partial charge in [-0.15, -0.1) is 0 Å². The van der Waals surface area contributed by atoms with Crippen LogP contribution < -0.4 is 5.32 Å². The SMILES string of the molecule is CN(C)[C@H](CNC(=O)C[C@H](c1cccnc1)C1(C(F)(F)F)CC1)Cc1cc2cn[nH]c2cc1Cl. The molecule has 4 rings (SSSR count). The van der Waals surface area contributed by atoms with E-state index in [-0.39, 0.29) is 31.8 Å². The monoisotopic (exact) mass is 493 g/mol. The quantitative estimate of drug-likeness (QED) is 0.452. The van der Waals surface area contributed by atoms with E-state index in [9.17, 15) is 18.0 Å². The van der Waals surface area contributed by atoms with Crippen LogP contribution in [0.15, 0.2) is 42.9 Å². The van der Waals surface area contributed by atoms with Crippen molar-refractivity contribution < 1.29 is 18.0 Å². The van der Waals surface area contributed by atoms with E-state index < -0.39 is 23.4 Å². The van der Waals surface area contributed by atoms with Gasteiger partial charge in [-0.2, -0.15) is 18.3 Å². The van der Waals surface area contributed by atoms with E-state index >= 15 is 0 Å². The number of pyridine rings is 1. The van der Waals surface area contributed by atoms with E-state index in [1.54, 1.807) is 18.3 Å². The summed E-state index contributed by atoms with van der Waals surface area (Å²) in [5, 5.41) is 11.3. The number of halogens is 4. The van der Waals surface area contributed by atoms with Crippen LogP contribution in [-0.4, -0.2) is 58.8 Å². The summed E-state index contributed by atoms with van der Waals surface area (Å²) in [4.78, 5) is 18.8. The zero-order valence-corrected chi connectivity index (χ0v) is 19.7. The fraction of sp³-hybridized carbons (Fsp3) is 0.458. The van der Waals surface area contributed by atoms with Crippen molar-refractivity contribution in [1.29, 1.82) is 0 Å². The number of hydrogen-bond acceptors (Lipinski definition) is 4. The smallest absolute Gasteiger partial charge is 0.355 e. The summed E-state index contributed by atoms with van der Waals surface area (Å²) in [5.74, 6) is -1.37. The molecule has 0 aliphatic heterocycles. The molecular weight excluding hydrogens is 467 g/mol. The molecule has 182 valence electrons. The van der Waals surface area contributed by atoms with Crippen LogP contribution in [0.2, 0.25) is 5.02 Å². The van der Waals surface area contributed by atoms with Gasteiger partial charge in [-0.05, 0) is 62.7 Å². The summed E-state index contributed by atoms with van der Waals surface area (Å²) in [6.07, 6.45) is 0.662. The van der Waals surface area contributed by atoms with Gasteiger partial charge in [0.2, 0.25) is 5.91 Å². The van der Waals surface area contributed by atoms with Gasteiger partial charge in [0.15, 0.2) is 0 Å². The zero-order chi connectivity index (χ0) is 24.5. The number of likely N-dealkylation sites (N-methyl/N-ethyl adjacent to an activating group) is 1. The summed E-state index contributed by atoms with van der Waals surface area (Å²) in [6.45, 7) is 0.282. The van der Waals surface area contributed by atoms with Crippen LogP contribution in [0.5, 0.6) is 0 Å². The van der Waals surface area contributed by atoms with Gasteiger partial charge in [0.25, 0.3) is 0 Å². The van der Waals surface area contributed by atoms with E-state index in [4.69, 9.17) is 11.6 Å². The van der Waals surface area contributed by atoms with Crippen molar-refractivity contribution in [2.24, 2.45) is 5.41 Å². The molecule has 1 saturated carbocycles. The Morgan fingerprint density at radius 3 is 2.68 bits per heavy atom. The predicted molar refractivity (Wildman–Crippen MR) is 125 cm³/mol. The molecule has 10 heteroatoms. The number of aromatic nitrogens is 3. The van der Waals surface area contributed by atoms with E-state index in [0.717, 1.165) is 16.5 Å². The number of hydrogen-bond donors (Lipinski definition) is 2. The van der Waals surface area contributed by atoms with Gasteiger partial charge in [0.1, 0.15) is 0 Å². The number of benzene rings is 1. The molecule has 6 nitrogen and oxygen atoms in total. The minimum absolute atomic E-state index is 0.0264.